The largest absolute Gasteiger partial charge is 0.481 e. The maximum atomic E-state index is 13.9. The Hall–Kier alpha value is -3.09. The molecule has 1 aliphatic rings. The van der Waals surface area contributed by atoms with Crippen LogP contribution in [0.3, 0.4) is 0 Å². The fourth-order valence-corrected chi connectivity index (χ4v) is 1.81. The zero-order chi connectivity index (χ0) is 17.9. The highest BCUT2D eigenvalue weighted by atomic mass is 19.4. The first-order valence-corrected chi connectivity index (χ1v) is 6.34. The van der Waals surface area contributed by atoms with Crippen LogP contribution in [0.15, 0.2) is 17.2 Å². The molecule has 0 fully saturated rings. The van der Waals surface area contributed by atoms with Crippen molar-refractivity contribution in [3.05, 3.63) is 17.9 Å². The molecular weight excluding hydrogens is 334 g/mol. The summed E-state index contributed by atoms with van der Waals surface area (Å²) < 4.78 is 55.1. The number of anilines is 2. The summed E-state index contributed by atoms with van der Waals surface area (Å²) in [5, 5.41) is 3.04. The molecule has 0 spiro atoms. The van der Waals surface area contributed by atoms with Gasteiger partial charge in [0.05, 0.1) is 24.1 Å². The van der Waals surface area contributed by atoms with E-state index in [9.17, 15) is 27.2 Å². The number of Topliss-reactive ketones (excluding diaryl/α,β-unsaturated/α-hetero) is 1. The lowest BCUT2D eigenvalue weighted by atomic mass is 10.2. The minimum atomic E-state index is -5.08. The molecule has 1 aromatic carbocycles. The van der Waals surface area contributed by atoms with Crippen LogP contribution in [0, 0.1) is 18.2 Å². The number of hydrazone groups is 1. The molecule has 0 bridgehead atoms. The number of fused-ring (bicyclic) bond motifs is 1. The number of carbonyl (C=O) groups is 2. The maximum Gasteiger partial charge on any atom is 0.455 e. The van der Waals surface area contributed by atoms with Gasteiger partial charge in [-0.1, -0.05) is 5.92 Å². The highest BCUT2D eigenvalue weighted by molar-refractivity contribution is 6.30. The Bertz CT molecular complexity index is 753. The first-order chi connectivity index (χ1) is 11.2. The summed E-state index contributed by atoms with van der Waals surface area (Å²) in [6.07, 6.45) is 0.0510. The third kappa shape index (κ3) is 3.62. The summed E-state index contributed by atoms with van der Waals surface area (Å²) in [5.74, 6) is -1.28. The second-order valence-corrected chi connectivity index (χ2v) is 4.50. The summed E-state index contributed by atoms with van der Waals surface area (Å²) in [4.78, 5) is 23.5. The Morgan fingerprint density at radius 1 is 1.50 bits per heavy atom. The van der Waals surface area contributed by atoms with Gasteiger partial charge in [0, 0.05) is 6.07 Å². The molecule has 2 rings (SSSR count). The van der Waals surface area contributed by atoms with Crippen LogP contribution in [0.1, 0.15) is 0 Å². The molecular formula is C14H9F4N3O3. The molecule has 0 saturated carbocycles. The van der Waals surface area contributed by atoms with Crippen LogP contribution in [0.25, 0.3) is 0 Å². The van der Waals surface area contributed by atoms with Gasteiger partial charge in [0.1, 0.15) is 5.75 Å². The van der Waals surface area contributed by atoms with Crippen molar-refractivity contribution in [2.45, 2.75) is 6.18 Å². The molecule has 0 aliphatic carbocycles. The van der Waals surface area contributed by atoms with Crippen LogP contribution < -0.4 is 15.1 Å². The van der Waals surface area contributed by atoms with E-state index in [-0.39, 0.29) is 36.5 Å². The Morgan fingerprint density at radius 3 is 2.83 bits per heavy atom. The molecule has 1 N–H and O–H groups in total. The second-order valence-electron chi connectivity index (χ2n) is 4.50. The number of alkyl halides is 3. The summed E-state index contributed by atoms with van der Waals surface area (Å²) in [6.45, 7) is -0.421. The van der Waals surface area contributed by atoms with Gasteiger partial charge in [0.15, 0.2) is 12.4 Å². The monoisotopic (exact) mass is 343 g/mol. The molecule has 0 atom stereocenters. The molecule has 24 heavy (non-hydrogen) atoms. The standard InChI is InChI=1S/C14H9F4N3O3/c1-2-3-21-10-5-9(20-19-6-12(22)14(16,17)18)8(15)4-11(10)24-7-13(21)23/h1,4-6,20H,3,7H2/b19-6-. The molecule has 1 aromatic rings. The molecule has 1 heterocycles. The van der Waals surface area contributed by atoms with E-state index in [1.807, 2.05) is 5.43 Å². The Morgan fingerprint density at radius 2 is 2.21 bits per heavy atom. The Balaban J connectivity index is 2.27. The number of benzene rings is 1. The van der Waals surface area contributed by atoms with Crippen LogP contribution in [-0.4, -0.2) is 37.2 Å². The average Bonchev–Trinajstić information content (AvgIpc) is 2.50. The van der Waals surface area contributed by atoms with Gasteiger partial charge in [0.25, 0.3) is 11.7 Å². The lowest BCUT2D eigenvalue weighted by Gasteiger charge is -2.28. The van der Waals surface area contributed by atoms with Gasteiger partial charge in [-0.15, -0.1) is 6.42 Å². The zero-order valence-electron chi connectivity index (χ0n) is 11.9. The van der Waals surface area contributed by atoms with E-state index in [0.717, 1.165) is 17.0 Å². The number of terminal acetylenes is 1. The van der Waals surface area contributed by atoms with E-state index < -0.39 is 23.7 Å². The molecule has 1 amide bonds. The zero-order valence-corrected chi connectivity index (χ0v) is 11.9. The van der Waals surface area contributed by atoms with E-state index in [4.69, 9.17) is 11.2 Å². The number of nitrogens with one attached hydrogen (secondary N) is 1. The van der Waals surface area contributed by atoms with Crippen molar-refractivity contribution >= 4 is 29.3 Å². The number of ether oxygens (including phenoxy) is 1. The molecule has 6 nitrogen and oxygen atoms in total. The van der Waals surface area contributed by atoms with E-state index in [2.05, 4.69) is 11.0 Å². The number of halogens is 4. The van der Waals surface area contributed by atoms with Crippen LogP contribution >= 0.6 is 0 Å². The fourth-order valence-electron chi connectivity index (χ4n) is 1.81. The van der Waals surface area contributed by atoms with E-state index in [0.29, 0.717) is 0 Å². The Labute approximate surface area is 133 Å². The van der Waals surface area contributed by atoms with Crippen molar-refractivity contribution in [3.63, 3.8) is 0 Å². The van der Waals surface area contributed by atoms with Crippen molar-refractivity contribution in [1.29, 1.82) is 0 Å². The third-order valence-electron chi connectivity index (χ3n) is 2.89. The van der Waals surface area contributed by atoms with Gasteiger partial charge < -0.3 is 4.74 Å². The number of ketones is 1. The molecule has 1 aliphatic heterocycles. The Kier molecular flexibility index (Phi) is 4.73. The highest BCUT2D eigenvalue weighted by Crippen LogP contribution is 2.36. The smallest absolute Gasteiger partial charge is 0.455 e. The van der Waals surface area contributed by atoms with Crippen LogP contribution in [-0.2, 0) is 9.59 Å². The third-order valence-corrected chi connectivity index (χ3v) is 2.89. The predicted molar refractivity (Wildman–Crippen MR) is 76.3 cm³/mol. The molecule has 10 heteroatoms. The number of hydrogen-bond acceptors (Lipinski definition) is 5. The first-order valence-electron chi connectivity index (χ1n) is 6.34. The number of rotatable bonds is 4. The molecule has 0 unspecified atom stereocenters. The lowest BCUT2D eigenvalue weighted by Crippen LogP contribution is -2.39. The normalized spacial score (nSPS) is 14.1. The average molecular weight is 343 g/mol. The minimum absolute atomic E-state index is 0.0280. The quantitative estimate of drug-likeness (QED) is 0.391. The topological polar surface area (TPSA) is 71.0 Å². The fraction of sp³-hybridized carbons (Fsp3) is 0.214. The maximum absolute atomic E-state index is 13.9. The van der Waals surface area contributed by atoms with E-state index in [1.54, 1.807) is 0 Å². The summed E-state index contributed by atoms with van der Waals surface area (Å²) in [6, 6.07) is 2.02. The van der Waals surface area contributed by atoms with Gasteiger partial charge in [-0.3, -0.25) is 19.9 Å². The SMILES string of the molecule is C#CCN1C(=O)COc2cc(F)c(N/N=C\C(=O)C(F)(F)F)cc21. The van der Waals surface area contributed by atoms with Crippen molar-refractivity contribution in [2.24, 2.45) is 5.10 Å². The van der Waals surface area contributed by atoms with Crippen molar-refractivity contribution < 1.29 is 31.9 Å². The van der Waals surface area contributed by atoms with E-state index in [1.165, 1.54) is 0 Å². The second kappa shape index (κ2) is 6.57. The van der Waals surface area contributed by atoms with Crippen molar-refractivity contribution in [1.82, 2.24) is 0 Å². The minimum Gasteiger partial charge on any atom is -0.481 e. The molecule has 126 valence electrons. The van der Waals surface area contributed by atoms with Gasteiger partial charge in [-0.25, -0.2) is 4.39 Å². The predicted octanol–water partition coefficient (Wildman–Crippen LogP) is 1.71. The first kappa shape index (κ1) is 17.3. The van der Waals surface area contributed by atoms with Crippen LogP contribution in [0.5, 0.6) is 5.75 Å². The number of carbonyl (C=O) groups excluding carboxylic acids is 2. The van der Waals surface area contributed by atoms with Gasteiger partial charge in [-0.2, -0.15) is 18.3 Å². The van der Waals surface area contributed by atoms with Gasteiger partial charge in [-0.05, 0) is 6.07 Å². The molecule has 0 radical (unpaired) electrons. The van der Waals surface area contributed by atoms with Gasteiger partial charge >= 0.3 is 6.18 Å². The van der Waals surface area contributed by atoms with Crippen LogP contribution in [0.2, 0.25) is 0 Å². The van der Waals surface area contributed by atoms with Gasteiger partial charge in [0.2, 0.25) is 0 Å². The molecule has 0 saturated heterocycles. The highest BCUT2D eigenvalue weighted by Gasteiger charge is 2.37. The number of hydrogen-bond donors (Lipinski definition) is 1. The number of nitrogens with zero attached hydrogens (tertiary/aromatic N) is 2. The number of amides is 1. The summed E-state index contributed by atoms with van der Waals surface area (Å²) in [5.41, 5.74) is 1.74. The summed E-state index contributed by atoms with van der Waals surface area (Å²) >= 11 is 0. The van der Waals surface area contributed by atoms with Crippen molar-refractivity contribution in [3.8, 4) is 18.1 Å². The van der Waals surface area contributed by atoms with Crippen molar-refractivity contribution in [2.75, 3.05) is 23.5 Å². The van der Waals surface area contributed by atoms with Crippen LogP contribution in [0.4, 0.5) is 28.9 Å². The summed E-state index contributed by atoms with van der Waals surface area (Å²) in [7, 11) is 0. The lowest BCUT2D eigenvalue weighted by molar-refractivity contribution is -0.162. The van der Waals surface area contributed by atoms with E-state index >= 15 is 0 Å². The molecule has 0 aromatic heterocycles.